The Morgan fingerprint density at radius 3 is 2.63 bits per heavy atom. The van der Waals surface area contributed by atoms with Crippen LogP contribution in [0.1, 0.15) is 35.0 Å². The summed E-state index contributed by atoms with van der Waals surface area (Å²) in [6.45, 7) is 14.0. The second kappa shape index (κ2) is 12.9. The minimum Gasteiger partial charge on any atom is -0.374 e. The van der Waals surface area contributed by atoms with E-state index in [0.717, 1.165) is 39.3 Å². The molecule has 0 radical (unpaired) electrons. The quantitative estimate of drug-likeness (QED) is 0.718. The van der Waals surface area contributed by atoms with Gasteiger partial charge in [0.25, 0.3) is 0 Å². The van der Waals surface area contributed by atoms with E-state index in [1.165, 1.54) is 19.4 Å². The first kappa shape index (κ1) is 18.8. The van der Waals surface area contributed by atoms with Crippen LogP contribution in [-0.2, 0) is 4.74 Å². The van der Waals surface area contributed by atoms with Gasteiger partial charge in [-0.3, -0.25) is 4.90 Å². The normalized spacial score (nSPS) is 20.2. The van der Waals surface area contributed by atoms with E-state index < -0.39 is 0 Å². The van der Waals surface area contributed by atoms with Crippen LogP contribution in [0.15, 0.2) is 0 Å². The highest BCUT2D eigenvalue weighted by atomic mass is 16.5. The largest absolute Gasteiger partial charge is 0.374 e. The fraction of sp³-hybridized carbons (Fsp3) is 1.00. The maximum atomic E-state index is 5.79. The molecule has 118 valence electrons. The van der Waals surface area contributed by atoms with Crippen molar-refractivity contribution in [1.29, 1.82) is 0 Å². The van der Waals surface area contributed by atoms with Gasteiger partial charge >= 0.3 is 0 Å². The monoisotopic (exact) mass is 275 g/mol. The predicted octanol–water partition coefficient (Wildman–Crippen LogP) is 1.91. The summed E-state index contributed by atoms with van der Waals surface area (Å²) in [5.74, 6) is 0. The molecule has 0 unspecified atom stereocenters. The maximum Gasteiger partial charge on any atom is 0.0829 e. The number of nitrogens with one attached hydrogen (secondary N) is 1. The molecule has 0 aromatic rings. The molecule has 1 atom stereocenters. The van der Waals surface area contributed by atoms with Crippen LogP contribution < -0.4 is 5.32 Å². The topological polar surface area (TPSA) is 27.7 Å². The van der Waals surface area contributed by atoms with Crippen molar-refractivity contribution in [3.8, 4) is 0 Å². The molecule has 1 heterocycles. The van der Waals surface area contributed by atoms with E-state index in [9.17, 15) is 0 Å². The molecule has 0 bridgehead atoms. The number of morpholine rings is 1. The van der Waals surface area contributed by atoms with E-state index in [4.69, 9.17) is 4.74 Å². The first-order valence-corrected chi connectivity index (χ1v) is 7.84. The first-order chi connectivity index (χ1) is 9.17. The molecule has 4 nitrogen and oxygen atoms in total. The Kier molecular flexibility index (Phi) is 12.7. The van der Waals surface area contributed by atoms with Crippen molar-refractivity contribution in [2.24, 2.45) is 0 Å². The molecular formula is C15H37N3O. The molecule has 1 aliphatic heterocycles. The summed E-state index contributed by atoms with van der Waals surface area (Å²) in [6.07, 6.45) is 2.88. The lowest BCUT2D eigenvalue weighted by Gasteiger charge is -2.34. The van der Waals surface area contributed by atoms with E-state index in [-0.39, 0.29) is 1.43 Å². The number of likely N-dealkylation sites (N-methyl/N-ethyl adjacent to an activating group) is 1. The van der Waals surface area contributed by atoms with Crippen LogP contribution in [0, 0.1) is 0 Å². The van der Waals surface area contributed by atoms with Crippen molar-refractivity contribution in [2.45, 2.75) is 39.7 Å². The average molecular weight is 275 g/mol. The molecule has 0 amide bonds. The summed E-state index contributed by atoms with van der Waals surface area (Å²) in [6, 6.07) is 0. The Balaban J connectivity index is 0. The van der Waals surface area contributed by atoms with Crippen LogP contribution in [0.2, 0.25) is 0 Å². The molecule has 1 aliphatic rings. The summed E-state index contributed by atoms with van der Waals surface area (Å²) < 4.78 is 5.79. The van der Waals surface area contributed by atoms with Gasteiger partial charge in [-0.25, -0.2) is 0 Å². The van der Waals surface area contributed by atoms with Gasteiger partial charge in [0.15, 0.2) is 0 Å². The molecule has 0 aliphatic carbocycles. The highest BCUT2D eigenvalue weighted by Crippen LogP contribution is 2.06. The molecule has 0 saturated carbocycles. The zero-order valence-electron chi connectivity index (χ0n) is 13.7. The van der Waals surface area contributed by atoms with Gasteiger partial charge in [-0.05, 0) is 40.2 Å². The summed E-state index contributed by atoms with van der Waals surface area (Å²) in [7, 11) is 4.17. The fourth-order valence-electron chi connectivity index (χ4n) is 2.05. The number of hydrogen-bond acceptors (Lipinski definition) is 4. The van der Waals surface area contributed by atoms with Gasteiger partial charge in [0.1, 0.15) is 0 Å². The summed E-state index contributed by atoms with van der Waals surface area (Å²) in [4.78, 5) is 4.84. The zero-order chi connectivity index (χ0) is 14.5. The fourth-order valence-corrected chi connectivity index (χ4v) is 2.05. The molecule has 0 spiro atoms. The molecule has 0 aromatic heterocycles. The summed E-state index contributed by atoms with van der Waals surface area (Å²) in [5.41, 5.74) is 0. The van der Waals surface area contributed by atoms with Crippen LogP contribution in [0.5, 0.6) is 0 Å². The number of hydrogen-bond donors (Lipinski definition) is 1. The Labute approximate surface area is 122 Å². The van der Waals surface area contributed by atoms with E-state index in [1.807, 2.05) is 7.05 Å². The smallest absolute Gasteiger partial charge is 0.0829 e. The average Bonchev–Trinajstić information content (AvgIpc) is 2.40. The van der Waals surface area contributed by atoms with Crippen molar-refractivity contribution in [1.82, 2.24) is 15.1 Å². The number of ether oxygens (including phenoxy) is 1. The van der Waals surface area contributed by atoms with E-state index >= 15 is 0 Å². The molecule has 4 heteroatoms. The Morgan fingerprint density at radius 2 is 2.05 bits per heavy atom. The first-order valence-electron chi connectivity index (χ1n) is 7.84. The van der Waals surface area contributed by atoms with Crippen molar-refractivity contribution < 1.29 is 6.16 Å². The third-order valence-corrected chi connectivity index (χ3v) is 3.18. The lowest BCUT2D eigenvalue weighted by atomic mass is 10.2. The molecule has 0 aromatic carbocycles. The molecule has 1 rings (SSSR count). The standard InChI is InChI=1S/C12H27N3O.C3H8.H2/c1-4-14(3)10-12-11-15(8-9-16-12)7-5-6-13-2;1-3-2;/h12-13H,4-11H2,1-3H3;3H2,1-2H3;1H/t12-;;/m1../s1. The molecule has 1 N–H and O–H groups in total. The summed E-state index contributed by atoms with van der Waals surface area (Å²) in [5, 5.41) is 3.19. The van der Waals surface area contributed by atoms with Crippen molar-refractivity contribution >= 4 is 0 Å². The van der Waals surface area contributed by atoms with E-state index in [2.05, 4.69) is 42.9 Å². The minimum atomic E-state index is 0. The lowest BCUT2D eigenvalue weighted by molar-refractivity contribution is -0.0400. The lowest BCUT2D eigenvalue weighted by Crippen LogP contribution is -2.47. The Hall–Kier alpha value is -0.160. The second-order valence-electron chi connectivity index (χ2n) is 5.31. The van der Waals surface area contributed by atoms with E-state index in [0.29, 0.717) is 6.10 Å². The van der Waals surface area contributed by atoms with Crippen LogP contribution >= 0.6 is 0 Å². The van der Waals surface area contributed by atoms with Gasteiger partial charge in [-0.2, -0.15) is 0 Å². The van der Waals surface area contributed by atoms with Gasteiger partial charge in [-0.1, -0.05) is 27.2 Å². The zero-order valence-corrected chi connectivity index (χ0v) is 13.7. The Bertz CT molecular complexity index is 196. The number of nitrogens with zero attached hydrogens (tertiary/aromatic N) is 2. The van der Waals surface area contributed by atoms with Crippen LogP contribution in [0.4, 0.5) is 0 Å². The molecule has 19 heavy (non-hydrogen) atoms. The second-order valence-corrected chi connectivity index (χ2v) is 5.31. The highest BCUT2D eigenvalue weighted by molar-refractivity contribution is 4.73. The van der Waals surface area contributed by atoms with Gasteiger partial charge in [0.2, 0.25) is 0 Å². The molecule has 1 saturated heterocycles. The minimum absolute atomic E-state index is 0. The van der Waals surface area contributed by atoms with Crippen molar-refractivity contribution in [2.75, 3.05) is 60.0 Å². The SMILES string of the molecule is CCC.CCN(C)C[C@@H]1CN(CCCNC)CCO1.[HH]. The Morgan fingerprint density at radius 1 is 1.37 bits per heavy atom. The van der Waals surface area contributed by atoms with Crippen molar-refractivity contribution in [3.05, 3.63) is 0 Å². The summed E-state index contributed by atoms with van der Waals surface area (Å²) >= 11 is 0. The third kappa shape index (κ3) is 10.3. The van der Waals surface area contributed by atoms with Gasteiger partial charge in [0.05, 0.1) is 12.7 Å². The molecule has 1 fully saturated rings. The van der Waals surface area contributed by atoms with Gasteiger partial charge < -0.3 is 15.0 Å². The van der Waals surface area contributed by atoms with Crippen molar-refractivity contribution in [3.63, 3.8) is 0 Å². The predicted molar refractivity (Wildman–Crippen MR) is 86.0 cm³/mol. The van der Waals surface area contributed by atoms with Gasteiger partial charge in [-0.15, -0.1) is 0 Å². The molecular weight excluding hydrogens is 238 g/mol. The van der Waals surface area contributed by atoms with Gasteiger partial charge in [0, 0.05) is 21.1 Å². The number of rotatable bonds is 7. The van der Waals surface area contributed by atoms with Crippen LogP contribution in [0.3, 0.4) is 0 Å². The van der Waals surface area contributed by atoms with Crippen LogP contribution in [-0.4, -0.2) is 75.9 Å². The maximum absolute atomic E-state index is 5.79. The highest BCUT2D eigenvalue weighted by Gasteiger charge is 2.20. The van der Waals surface area contributed by atoms with Crippen LogP contribution in [0.25, 0.3) is 0 Å². The van der Waals surface area contributed by atoms with E-state index in [1.54, 1.807) is 0 Å². The third-order valence-electron chi connectivity index (χ3n) is 3.18.